The number of primary amides is 1. The van der Waals surface area contributed by atoms with Crippen LogP contribution in [-0.4, -0.2) is 190 Å². The molecule has 0 aromatic rings. The van der Waals surface area contributed by atoms with E-state index in [-0.39, 0.29) is 38.2 Å². The Balaban J connectivity index is 5.89. The highest BCUT2D eigenvalue weighted by Crippen LogP contribution is 2.11. The van der Waals surface area contributed by atoms with Crippen molar-refractivity contribution >= 4 is 88.7 Å². The van der Waals surface area contributed by atoms with Crippen molar-refractivity contribution in [2.24, 2.45) is 33.8 Å². The van der Waals surface area contributed by atoms with E-state index >= 15 is 0 Å². The van der Waals surface area contributed by atoms with Gasteiger partial charge in [0.05, 0.1) is 25.3 Å². The molecular weight excluding hydrogens is 989 g/mol. The van der Waals surface area contributed by atoms with Crippen molar-refractivity contribution < 1.29 is 78.0 Å². The van der Waals surface area contributed by atoms with Crippen LogP contribution in [-0.2, 0) is 57.5 Å². The van der Waals surface area contributed by atoms with Gasteiger partial charge in [-0.2, -0.15) is 11.8 Å². The molecule has 0 aliphatic rings. The van der Waals surface area contributed by atoms with Gasteiger partial charge in [-0.3, -0.25) is 57.7 Å². The van der Waals surface area contributed by atoms with E-state index in [1.165, 1.54) is 25.6 Å². The molecule has 0 aliphatic heterocycles. The van der Waals surface area contributed by atoms with Crippen molar-refractivity contribution in [1.29, 1.82) is 0 Å². The van der Waals surface area contributed by atoms with Crippen LogP contribution in [0.3, 0.4) is 0 Å². The quantitative estimate of drug-likeness (QED) is 0.0157. The number of guanidine groups is 1. The van der Waals surface area contributed by atoms with E-state index in [4.69, 9.17) is 22.9 Å². The molecule has 0 heterocycles. The Labute approximate surface area is 425 Å². The van der Waals surface area contributed by atoms with E-state index < -0.39 is 170 Å². The molecule has 0 aliphatic carbocycles. The van der Waals surface area contributed by atoms with Gasteiger partial charge in [-0.05, 0) is 70.8 Å². The van der Waals surface area contributed by atoms with Gasteiger partial charge in [-0.25, -0.2) is 4.79 Å². The lowest BCUT2D eigenvalue weighted by molar-refractivity contribution is -0.142. The Morgan fingerprint density at radius 1 is 0.589 bits per heavy atom. The number of carbonyl (C=O) groups excluding carboxylic acids is 10. The summed E-state index contributed by atoms with van der Waals surface area (Å²) in [4.78, 5) is 157. The van der Waals surface area contributed by atoms with Crippen molar-refractivity contribution in [2.45, 2.75) is 146 Å². The first-order chi connectivity index (χ1) is 34.1. The predicted molar refractivity (Wildman–Crippen MR) is 262 cm³/mol. The third kappa shape index (κ3) is 26.4. The summed E-state index contributed by atoms with van der Waals surface area (Å²) in [6.45, 7) is 5.11. The lowest BCUT2D eigenvalue weighted by atomic mass is 9.97. The number of aliphatic imine (C=N–C) groups is 1. The number of nitrogens with zero attached hydrogens (tertiary/aromatic N) is 1. The molecule has 0 radical (unpaired) electrons. The Kier molecular flexibility index (Phi) is 31.3. The van der Waals surface area contributed by atoms with E-state index in [9.17, 15) is 78.0 Å². The average molecular weight is 1060 g/mol. The minimum absolute atomic E-state index is 0.0937. The smallest absolute Gasteiger partial charge is 0.326 e. The number of nitrogens with two attached hydrogens (primary N) is 4. The highest BCUT2D eigenvalue weighted by Gasteiger charge is 2.36. The average Bonchev–Trinajstić information content (AvgIpc) is 3.31. The number of carbonyl (C=O) groups is 12. The number of thioether (sulfide) groups is 1. The molecule has 0 spiro atoms. The van der Waals surface area contributed by atoms with Crippen LogP contribution < -0.4 is 70.8 Å². The molecule has 0 rings (SSSR count). The van der Waals surface area contributed by atoms with Gasteiger partial charge >= 0.3 is 11.9 Å². The van der Waals surface area contributed by atoms with Crippen LogP contribution in [0.1, 0.15) is 86.0 Å². The van der Waals surface area contributed by atoms with Crippen LogP contribution in [0.4, 0.5) is 0 Å². The number of carboxylic acid groups (broad SMARTS) is 2. The fourth-order valence-corrected chi connectivity index (χ4v) is 6.67. The number of carboxylic acids is 2. The van der Waals surface area contributed by atoms with Crippen LogP contribution in [0.2, 0.25) is 0 Å². The summed E-state index contributed by atoms with van der Waals surface area (Å²) in [5.74, 6) is -12.9. The van der Waals surface area contributed by atoms with Crippen molar-refractivity contribution in [2.75, 3.05) is 31.7 Å². The summed E-state index contributed by atoms with van der Waals surface area (Å²) in [5.41, 5.74) is 21.7. The number of nitrogens with one attached hydrogen (secondary N) is 9. The number of hydrogen-bond donors (Lipinski definition) is 17. The summed E-state index contributed by atoms with van der Waals surface area (Å²) in [6.07, 6.45) is -0.999. The van der Waals surface area contributed by atoms with E-state index in [0.717, 1.165) is 6.92 Å². The van der Waals surface area contributed by atoms with Gasteiger partial charge in [-0.1, -0.05) is 20.3 Å². The number of aliphatic carboxylic acids is 2. The summed E-state index contributed by atoms with van der Waals surface area (Å²) in [7, 11) is 0. The Hall–Kier alpha value is -6.86. The van der Waals surface area contributed by atoms with E-state index in [1.807, 2.05) is 0 Å². The summed E-state index contributed by atoms with van der Waals surface area (Å²) in [5, 5.41) is 59.9. The molecule has 0 fully saturated rings. The monoisotopic (exact) mass is 1060 g/mol. The van der Waals surface area contributed by atoms with Gasteiger partial charge in [0.1, 0.15) is 48.3 Å². The first-order valence-electron chi connectivity index (χ1n) is 23.1. The number of aliphatic hydroxyl groups is 2. The van der Waals surface area contributed by atoms with E-state index in [1.54, 1.807) is 20.1 Å². The van der Waals surface area contributed by atoms with Crippen LogP contribution in [0.15, 0.2) is 4.99 Å². The highest BCUT2D eigenvalue weighted by atomic mass is 32.2. The van der Waals surface area contributed by atoms with Gasteiger partial charge in [0.15, 0.2) is 5.96 Å². The number of aliphatic hydroxyl groups excluding tert-OH is 2. The molecule has 11 atom stereocenters. The minimum Gasteiger partial charge on any atom is -0.481 e. The summed E-state index contributed by atoms with van der Waals surface area (Å²) >= 11 is 1.35. The van der Waals surface area contributed by atoms with E-state index in [0.29, 0.717) is 12.2 Å². The SMILES string of the molecule is CC[C@H](C)[C@H](NC(=O)[C@@H](NC(=O)[C@@H](N)CCCN=C(N)N)[C@@H](C)O)C(=O)N[C@@H](CO)C(=O)N[C@@H](CCC(=O)O)C(=O)N[C@@H](C)C(=O)NCC(=O)N[C@@H](CCC(N)=O)C(=O)N[C@@H](C)C(=O)N[C@@H](CCSC)C(=O)O. The third-order valence-corrected chi connectivity index (χ3v) is 11.4. The lowest BCUT2D eigenvalue weighted by Gasteiger charge is -2.29. The molecule has 0 aromatic carbocycles. The van der Waals surface area contributed by atoms with Gasteiger partial charge in [0.25, 0.3) is 0 Å². The van der Waals surface area contributed by atoms with Crippen LogP contribution in [0, 0.1) is 5.92 Å². The standard InChI is InChI=1S/C42H74N14O16S/c1-7-19(2)31(55-40(70)32(22(5)58)56-35(65)23(43)9-8-15-47-42(45)46)39(69)54-27(18-57)38(68)52-25(11-13-30(61)62)37(67)49-20(3)33(63)48-17-29(60)51-24(10-12-28(44)59)36(66)50-21(4)34(64)53-26(41(71)72)14-16-73-6/h19-27,31-32,57-58H,7-18,43H2,1-6H3,(H2,44,59)(H,48,63)(H,49,67)(H,50,66)(H,51,60)(H,52,68)(H,53,64)(H,54,69)(H,55,70)(H,56,65)(H,61,62)(H,71,72)(H4,45,46,47)/t19-,20-,21-,22+,23-,24-,25-,26-,27-,31-,32-/m0/s1. The van der Waals surface area contributed by atoms with Gasteiger partial charge < -0.3 is 91.2 Å². The minimum atomic E-state index is -1.81. The summed E-state index contributed by atoms with van der Waals surface area (Å²) in [6, 6.07) is -13.2. The molecule has 10 amide bonds. The second-order valence-corrected chi connectivity index (χ2v) is 17.9. The first-order valence-corrected chi connectivity index (χ1v) is 24.5. The topological polar surface area (TPSA) is 510 Å². The van der Waals surface area contributed by atoms with Crippen molar-refractivity contribution in [3.63, 3.8) is 0 Å². The van der Waals surface area contributed by atoms with E-state index in [2.05, 4.69) is 52.8 Å². The van der Waals surface area contributed by atoms with Crippen molar-refractivity contribution in [1.82, 2.24) is 47.9 Å². The van der Waals surface area contributed by atoms with Gasteiger partial charge in [-0.15, -0.1) is 0 Å². The maximum Gasteiger partial charge on any atom is 0.326 e. The Morgan fingerprint density at radius 3 is 1.60 bits per heavy atom. The summed E-state index contributed by atoms with van der Waals surface area (Å²) < 4.78 is 0. The molecule has 414 valence electrons. The largest absolute Gasteiger partial charge is 0.481 e. The third-order valence-electron chi connectivity index (χ3n) is 10.7. The molecule has 21 N–H and O–H groups in total. The fourth-order valence-electron chi connectivity index (χ4n) is 6.20. The maximum absolute atomic E-state index is 13.6. The highest BCUT2D eigenvalue weighted by molar-refractivity contribution is 7.98. The van der Waals surface area contributed by atoms with Crippen molar-refractivity contribution in [3.05, 3.63) is 0 Å². The number of rotatable bonds is 36. The molecule has 30 nitrogen and oxygen atoms in total. The lowest BCUT2D eigenvalue weighted by Crippen LogP contribution is -2.62. The number of hydrogen-bond acceptors (Lipinski definition) is 17. The molecule has 0 saturated heterocycles. The molecule has 73 heavy (non-hydrogen) atoms. The second kappa shape index (κ2) is 34.5. The van der Waals surface area contributed by atoms with Crippen LogP contribution >= 0.6 is 11.8 Å². The fraction of sp³-hybridized carbons (Fsp3) is 0.690. The second-order valence-electron chi connectivity index (χ2n) is 16.9. The molecule has 0 aromatic heterocycles. The molecule has 0 unspecified atom stereocenters. The molecular formula is C42H74N14O16S. The zero-order valence-corrected chi connectivity index (χ0v) is 42.5. The predicted octanol–water partition coefficient (Wildman–Crippen LogP) is -7.21. The van der Waals surface area contributed by atoms with Crippen LogP contribution in [0.5, 0.6) is 0 Å². The Bertz CT molecular complexity index is 1960. The normalized spacial score (nSPS) is 15.4. The number of amides is 10. The van der Waals surface area contributed by atoms with Crippen LogP contribution in [0.25, 0.3) is 0 Å². The zero-order valence-electron chi connectivity index (χ0n) is 41.7. The molecule has 31 heteroatoms. The van der Waals surface area contributed by atoms with Crippen molar-refractivity contribution in [3.8, 4) is 0 Å². The maximum atomic E-state index is 13.6. The Morgan fingerprint density at radius 2 is 1.10 bits per heavy atom. The first kappa shape index (κ1) is 66.1. The molecule has 0 bridgehead atoms. The molecule has 0 saturated carbocycles. The van der Waals surface area contributed by atoms with Gasteiger partial charge in [0, 0.05) is 19.4 Å². The van der Waals surface area contributed by atoms with Gasteiger partial charge in [0.2, 0.25) is 59.1 Å². The zero-order chi connectivity index (χ0) is 56.1.